The minimum Gasteiger partial charge on any atom is -0.496 e. The van der Waals surface area contributed by atoms with Crippen LogP contribution in [0.5, 0.6) is 5.75 Å². The number of hydrogen-bond donors (Lipinski definition) is 1. The first kappa shape index (κ1) is 18.3. The van der Waals surface area contributed by atoms with E-state index in [0.29, 0.717) is 6.04 Å². The molecule has 1 aromatic rings. The van der Waals surface area contributed by atoms with Gasteiger partial charge in [-0.15, -0.1) is 0 Å². The number of nitrogens with one attached hydrogen (secondary N) is 1. The summed E-state index contributed by atoms with van der Waals surface area (Å²) in [4.78, 5) is 0. The first-order valence-corrected chi connectivity index (χ1v) is 8.32. The predicted molar refractivity (Wildman–Crippen MR) is 92.5 cm³/mol. The van der Waals surface area contributed by atoms with Crippen LogP contribution >= 0.6 is 11.6 Å². The molecule has 120 valence electrons. The summed E-state index contributed by atoms with van der Waals surface area (Å²) in [7, 11) is 1.72. The van der Waals surface area contributed by atoms with Crippen LogP contribution in [0.15, 0.2) is 18.2 Å². The first-order chi connectivity index (χ1) is 9.88. The molecule has 0 spiro atoms. The van der Waals surface area contributed by atoms with Gasteiger partial charge in [0.15, 0.2) is 0 Å². The summed E-state index contributed by atoms with van der Waals surface area (Å²) in [5.74, 6) is 0.938. The molecule has 0 aromatic heterocycles. The molecule has 0 aliphatic carbocycles. The Labute approximate surface area is 135 Å². The molecule has 0 saturated carbocycles. The number of aryl methyl sites for hydroxylation is 1. The van der Waals surface area contributed by atoms with Gasteiger partial charge in [-0.25, -0.2) is 0 Å². The molecule has 1 rings (SSSR count). The summed E-state index contributed by atoms with van der Waals surface area (Å²) in [6.07, 6.45) is 4.48. The first-order valence-electron chi connectivity index (χ1n) is 7.94. The van der Waals surface area contributed by atoms with E-state index in [1.807, 2.05) is 18.2 Å². The molecule has 1 aromatic carbocycles. The molecule has 0 aliphatic rings. The van der Waals surface area contributed by atoms with Gasteiger partial charge in [0.05, 0.1) is 7.11 Å². The predicted octanol–water partition coefficient (Wildman–Crippen LogP) is 5.09. The maximum atomic E-state index is 6.09. The molecule has 0 fully saturated rings. The molecule has 0 bridgehead atoms. The second-order valence-corrected chi connectivity index (χ2v) is 7.16. The van der Waals surface area contributed by atoms with Gasteiger partial charge in [0.25, 0.3) is 0 Å². The Morgan fingerprint density at radius 2 is 2.00 bits per heavy atom. The van der Waals surface area contributed by atoms with Crippen LogP contribution in [0, 0.1) is 5.41 Å². The number of halogens is 1. The van der Waals surface area contributed by atoms with Crippen molar-refractivity contribution in [1.29, 1.82) is 0 Å². The highest BCUT2D eigenvalue weighted by molar-refractivity contribution is 6.30. The number of hydrogen-bond acceptors (Lipinski definition) is 2. The fourth-order valence-electron chi connectivity index (χ4n) is 2.60. The zero-order valence-corrected chi connectivity index (χ0v) is 14.9. The lowest BCUT2D eigenvalue weighted by molar-refractivity contribution is 0.251. The van der Waals surface area contributed by atoms with Crippen LogP contribution in [-0.4, -0.2) is 19.7 Å². The van der Waals surface area contributed by atoms with Gasteiger partial charge < -0.3 is 10.1 Å². The van der Waals surface area contributed by atoms with Gasteiger partial charge in [-0.1, -0.05) is 39.3 Å². The summed E-state index contributed by atoms with van der Waals surface area (Å²) in [6, 6.07) is 6.40. The van der Waals surface area contributed by atoms with Crippen molar-refractivity contribution in [2.45, 2.75) is 59.4 Å². The molecule has 0 saturated heterocycles. The fraction of sp³-hybridized carbons (Fsp3) is 0.667. The van der Waals surface area contributed by atoms with Crippen LogP contribution < -0.4 is 10.1 Å². The Kier molecular flexibility index (Phi) is 7.55. The number of methoxy groups -OCH3 is 1. The number of benzene rings is 1. The molecular weight excluding hydrogens is 282 g/mol. The minimum absolute atomic E-state index is 0.285. The van der Waals surface area contributed by atoms with Crippen LogP contribution in [0.25, 0.3) is 0 Å². The van der Waals surface area contributed by atoms with Crippen molar-refractivity contribution >= 4 is 11.6 Å². The lowest BCUT2D eigenvalue weighted by atomic mass is 9.83. The van der Waals surface area contributed by atoms with Crippen molar-refractivity contribution in [2.24, 2.45) is 5.41 Å². The van der Waals surface area contributed by atoms with Crippen molar-refractivity contribution < 1.29 is 4.74 Å². The van der Waals surface area contributed by atoms with Crippen LogP contribution in [0.1, 0.15) is 52.5 Å². The molecule has 0 amide bonds. The van der Waals surface area contributed by atoms with E-state index in [9.17, 15) is 0 Å². The fourth-order valence-corrected chi connectivity index (χ4v) is 2.79. The topological polar surface area (TPSA) is 21.3 Å². The largest absolute Gasteiger partial charge is 0.496 e. The number of ether oxygens (including phenoxy) is 1. The van der Waals surface area contributed by atoms with Crippen LogP contribution in [0.2, 0.25) is 5.02 Å². The monoisotopic (exact) mass is 311 g/mol. The average molecular weight is 312 g/mol. The standard InChI is InChI=1S/C18H30ClNO/c1-6-12-20-17(18(2,3)4)9-7-8-14-13-15(19)10-11-16(14)21-5/h10-11,13,17,20H,6-9,12H2,1-5H3. The maximum absolute atomic E-state index is 6.09. The molecule has 0 radical (unpaired) electrons. The van der Waals surface area contributed by atoms with Gasteiger partial charge in [0.2, 0.25) is 0 Å². The van der Waals surface area contributed by atoms with E-state index in [1.165, 1.54) is 18.4 Å². The molecule has 2 nitrogen and oxygen atoms in total. The zero-order valence-electron chi connectivity index (χ0n) is 14.1. The Morgan fingerprint density at radius 1 is 1.29 bits per heavy atom. The Morgan fingerprint density at radius 3 is 2.57 bits per heavy atom. The second kappa shape index (κ2) is 8.65. The van der Waals surface area contributed by atoms with Gasteiger partial charge in [-0.3, -0.25) is 0 Å². The molecule has 1 atom stereocenters. The van der Waals surface area contributed by atoms with Gasteiger partial charge in [-0.05, 0) is 61.4 Å². The van der Waals surface area contributed by atoms with Gasteiger partial charge >= 0.3 is 0 Å². The van der Waals surface area contributed by atoms with Gasteiger partial charge in [-0.2, -0.15) is 0 Å². The highest BCUT2D eigenvalue weighted by Crippen LogP contribution is 2.27. The Bertz CT molecular complexity index is 426. The summed E-state index contributed by atoms with van der Waals surface area (Å²) >= 11 is 6.09. The van der Waals surface area contributed by atoms with Crippen molar-refractivity contribution in [3.05, 3.63) is 28.8 Å². The number of rotatable bonds is 8. The lowest BCUT2D eigenvalue weighted by Gasteiger charge is -2.32. The third kappa shape index (κ3) is 6.27. The van der Waals surface area contributed by atoms with E-state index in [2.05, 4.69) is 33.0 Å². The second-order valence-electron chi connectivity index (χ2n) is 6.72. The van der Waals surface area contributed by atoms with Crippen LogP contribution in [-0.2, 0) is 6.42 Å². The molecular formula is C18H30ClNO. The Balaban J connectivity index is 2.59. The normalized spacial score (nSPS) is 13.2. The third-order valence-electron chi connectivity index (χ3n) is 3.87. The quantitative estimate of drug-likeness (QED) is 0.722. The Hall–Kier alpha value is -0.730. The summed E-state index contributed by atoms with van der Waals surface area (Å²) in [5, 5.41) is 4.46. The van der Waals surface area contributed by atoms with E-state index < -0.39 is 0 Å². The molecule has 1 N–H and O–H groups in total. The summed E-state index contributed by atoms with van der Waals surface area (Å²) in [6.45, 7) is 10.2. The highest BCUT2D eigenvalue weighted by atomic mass is 35.5. The SMILES string of the molecule is CCCNC(CCCc1cc(Cl)ccc1OC)C(C)(C)C. The van der Waals surface area contributed by atoms with E-state index in [4.69, 9.17) is 16.3 Å². The van der Waals surface area contributed by atoms with Crippen LogP contribution in [0.4, 0.5) is 0 Å². The minimum atomic E-state index is 0.285. The van der Waals surface area contributed by atoms with Crippen molar-refractivity contribution in [1.82, 2.24) is 5.32 Å². The molecule has 0 heterocycles. The van der Waals surface area contributed by atoms with E-state index >= 15 is 0 Å². The highest BCUT2D eigenvalue weighted by Gasteiger charge is 2.23. The van der Waals surface area contributed by atoms with Crippen LogP contribution in [0.3, 0.4) is 0 Å². The van der Waals surface area contributed by atoms with E-state index in [1.54, 1.807) is 7.11 Å². The summed E-state index contributed by atoms with van der Waals surface area (Å²) < 4.78 is 5.42. The molecule has 3 heteroatoms. The molecule has 1 unspecified atom stereocenters. The van der Waals surface area contributed by atoms with Crippen molar-refractivity contribution in [2.75, 3.05) is 13.7 Å². The molecule has 0 aliphatic heterocycles. The van der Waals surface area contributed by atoms with Gasteiger partial charge in [0.1, 0.15) is 5.75 Å². The summed E-state index contributed by atoms with van der Waals surface area (Å²) in [5.41, 5.74) is 1.49. The lowest BCUT2D eigenvalue weighted by Crippen LogP contribution is -2.40. The van der Waals surface area contributed by atoms with E-state index in [0.717, 1.165) is 30.2 Å². The van der Waals surface area contributed by atoms with E-state index in [-0.39, 0.29) is 5.41 Å². The van der Waals surface area contributed by atoms with Crippen molar-refractivity contribution in [3.8, 4) is 5.75 Å². The van der Waals surface area contributed by atoms with Gasteiger partial charge in [0, 0.05) is 11.1 Å². The maximum Gasteiger partial charge on any atom is 0.122 e. The van der Waals surface area contributed by atoms with Crippen molar-refractivity contribution in [3.63, 3.8) is 0 Å². The average Bonchev–Trinajstić information content (AvgIpc) is 2.41. The zero-order chi connectivity index (χ0) is 15.9. The third-order valence-corrected chi connectivity index (χ3v) is 4.10. The molecule has 21 heavy (non-hydrogen) atoms. The smallest absolute Gasteiger partial charge is 0.122 e.